The molecular weight excluding hydrogens is 366 g/mol. The molecule has 0 saturated heterocycles. The Bertz CT molecular complexity index is 1050. The minimum Gasteiger partial charge on any atom is -0.334 e. The van der Waals surface area contributed by atoms with E-state index in [9.17, 15) is 9.59 Å². The molecule has 7 heteroatoms. The lowest BCUT2D eigenvalue weighted by Crippen LogP contribution is -2.37. The molecule has 0 aliphatic carbocycles. The first-order valence-electron chi connectivity index (χ1n) is 9.57. The van der Waals surface area contributed by atoms with Crippen LogP contribution in [-0.4, -0.2) is 37.4 Å². The lowest BCUT2D eigenvalue weighted by Gasteiger charge is -2.28. The number of nitrogens with zero attached hydrogens (tertiary/aromatic N) is 5. The van der Waals surface area contributed by atoms with E-state index in [-0.39, 0.29) is 29.6 Å². The fraction of sp³-hybridized carbons (Fsp3) is 0.318. The highest BCUT2D eigenvalue weighted by molar-refractivity contribution is 5.95. The number of pyridine rings is 2. The average Bonchev–Trinajstić information content (AvgIpc) is 2.73. The van der Waals surface area contributed by atoms with Crippen molar-refractivity contribution in [2.45, 2.75) is 39.8 Å². The van der Waals surface area contributed by atoms with Crippen LogP contribution < -0.4 is 5.56 Å². The summed E-state index contributed by atoms with van der Waals surface area (Å²) in [6, 6.07) is 5.41. The Balaban J connectivity index is 1.93. The van der Waals surface area contributed by atoms with E-state index < -0.39 is 0 Å². The molecule has 3 rings (SSSR count). The summed E-state index contributed by atoms with van der Waals surface area (Å²) in [6.07, 6.45) is 9.16. The van der Waals surface area contributed by atoms with Gasteiger partial charge in [-0.05, 0) is 43.5 Å². The van der Waals surface area contributed by atoms with Crippen LogP contribution in [0.3, 0.4) is 0 Å². The van der Waals surface area contributed by atoms with Gasteiger partial charge in [-0.3, -0.25) is 24.5 Å². The van der Waals surface area contributed by atoms with Gasteiger partial charge in [-0.2, -0.15) is 0 Å². The standard InChI is InChI=1S/C22H25N5O2/c1-5-19(17-7-6-9-23-12-17)26(4)21(28)20-15(2)8-10-27(22(20)29)14-18-13-24-16(3)11-25-18/h6-13,19H,5,14H2,1-4H3. The number of amides is 1. The van der Waals surface area contributed by atoms with Crippen LogP contribution in [0.5, 0.6) is 0 Å². The van der Waals surface area contributed by atoms with E-state index in [0.29, 0.717) is 17.7 Å². The molecule has 0 N–H and O–H groups in total. The third-order valence-corrected chi connectivity index (χ3v) is 5.00. The Morgan fingerprint density at radius 2 is 1.97 bits per heavy atom. The lowest BCUT2D eigenvalue weighted by atomic mass is 10.0. The van der Waals surface area contributed by atoms with Crippen molar-refractivity contribution in [3.05, 3.63) is 87.6 Å². The summed E-state index contributed by atoms with van der Waals surface area (Å²) in [6.45, 7) is 5.90. The number of hydrogen-bond donors (Lipinski definition) is 0. The molecule has 0 spiro atoms. The molecular formula is C22H25N5O2. The third kappa shape index (κ3) is 4.39. The molecule has 3 aromatic heterocycles. The van der Waals surface area contributed by atoms with Gasteiger partial charge in [-0.15, -0.1) is 0 Å². The van der Waals surface area contributed by atoms with Gasteiger partial charge in [0.2, 0.25) is 0 Å². The highest BCUT2D eigenvalue weighted by atomic mass is 16.2. The lowest BCUT2D eigenvalue weighted by molar-refractivity contribution is 0.0722. The number of carbonyl (C=O) groups is 1. The third-order valence-electron chi connectivity index (χ3n) is 5.00. The van der Waals surface area contributed by atoms with Gasteiger partial charge in [0.15, 0.2) is 0 Å². The topological polar surface area (TPSA) is 81.0 Å². The first-order chi connectivity index (χ1) is 13.9. The van der Waals surface area contributed by atoms with Crippen molar-refractivity contribution < 1.29 is 4.79 Å². The monoisotopic (exact) mass is 391 g/mol. The molecule has 0 bridgehead atoms. The van der Waals surface area contributed by atoms with Crippen LogP contribution in [0.15, 0.2) is 54.0 Å². The van der Waals surface area contributed by atoms with Crippen LogP contribution in [0.1, 0.15) is 52.3 Å². The van der Waals surface area contributed by atoms with Gasteiger partial charge in [-0.25, -0.2) is 0 Å². The number of hydrogen-bond acceptors (Lipinski definition) is 5. The predicted octanol–water partition coefficient (Wildman–Crippen LogP) is 2.92. The van der Waals surface area contributed by atoms with Gasteiger partial charge in [0.25, 0.3) is 11.5 Å². The molecule has 0 aromatic carbocycles. The zero-order valence-corrected chi connectivity index (χ0v) is 17.2. The van der Waals surface area contributed by atoms with Gasteiger partial charge in [0.1, 0.15) is 5.56 Å². The van der Waals surface area contributed by atoms with Crippen LogP contribution in [0.2, 0.25) is 0 Å². The molecule has 0 aliphatic rings. The zero-order chi connectivity index (χ0) is 21.0. The van der Waals surface area contributed by atoms with E-state index in [2.05, 4.69) is 15.0 Å². The second-order valence-corrected chi connectivity index (χ2v) is 7.08. The molecule has 1 unspecified atom stereocenters. The molecule has 3 aromatic rings. The van der Waals surface area contributed by atoms with Crippen molar-refractivity contribution in [3.8, 4) is 0 Å². The molecule has 1 atom stereocenters. The fourth-order valence-electron chi connectivity index (χ4n) is 3.35. The highest BCUT2D eigenvalue weighted by Crippen LogP contribution is 2.23. The molecule has 7 nitrogen and oxygen atoms in total. The van der Waals surface area contributed by atoms with Crippen molar-refractivity contribution in [3.63, 3.8) is 0 Å². The number of aryl methyl sites for hydroxylation is 2. The Hall–Kier alpha value is -3.35. The molecule has 0 fully saturated rings. The first-order valence-corrected chi connectivity index (χ1v) is 9.57. The van der Waals surface area contributed by atoms with Crippen molar-refractivity contribution in [2.75, 3.05) is 7.05 Å². The van der Waals surface area contributed by atoms with Crippen LogP contribution in [0.25, 0.3) is 0 Å². The van der Waals surface area contributed by atoms with Gasteiger partial charge in [0, 0.05) is 31.8 Å². The average molecular weight is 391 g/mol. The highest BCUT2D eigenvalue weighted by Gasteiger charge is 2.25. The molecule has 0 radical (unpaired) electrons. The summed E-state index contributed by atoms with van der Waals surface area (Å²) in [4.78, 5) is 40.7. The Morgan fingerprint density at radius 3 is 2.59 bits per heavy atom. The SMILES string of the molecule is CCC(c1cccnc1)N(C)C(=O)c1c(C)ccn(Cc2cnc(C)cn2)c1=O. The number of aromatic nitrogens is 4. The molecule has 29 heavy (non-hydrogen) atoms. The van der Waals surface area contributed by atoms with Crippen molar-refractivity contribution in [1.29, 1.82) is 0 Å². The normalized spacial score (nSPS) is 11.9. The van der Waals surface area contributed by atoms with Crippen molar-refractivity contribution in [2.24, 2.45) is 0 Å². The molecule has 1 amide bonds. The fourth-order valence-corrected chi connectivity index (χ4v) is 3.35. The predicted molar refractivity (Wildman–Crippen MR) is 111 cm³/mol. The summed E-state index contributed by atoms with van der Waals surface area (Å²) in [5, 5.41) is 0. The van der Waals surface area contributed by atoms with E-state index in [0.717, 1.165) is 11.3 Å². The zero-order valence-electron chi connectivity index (χ0n) is 17.2. The maximum atomic E-state index is 13.3. The second-order valence-electron chi connectivity index (χ2n) is 7.08. The minimum absolute atomic E-state index is 0.161. The van der Waals surface area contributed by atoms with Gasteiger partial charge in [0.05, 0.1) is 30.2 Å². The summed E-state index contributed by atoms with van der Waals surface area (Å²) < 4.78 is 1.50. The van der Waals surface area contributed by atoms with Crippen LogP contribution in [-0.2, 0) is 6.54 Å². The van der Waals surface area contributed by atoms with Crippen LogP contribution in [0, 0.1) is 13.8 Å². The maximum absolute atomic E-state index is 13.3. The van der Waals surface area contributed by atoms with E-state index >= 15 is 0 Å². The molecule has 150 valence electrons. The summed E-state index contributed by atoms with van der Waals surface area (Å²) in [5.41, 5.74) is 2.91. The number of carbonyl (C=O) groups excluding carboxylic acids is 1. The maximum Gasteiger partial charge on any atom is 0.264 e. The minimum atomic E-state index is -0.328. The van der Waals surface area contributed by atoms with E-state index in [4.69, 9.17) is 0 Å². The molecule has 0 aliphatic heterocycles. The van der Waals surface area contributed by atoms with E-state index in [1.807, 2.05) is 26.0 Å². The van der Waals surface area contributed by atoms with Gasteiger partial charge < -0.3 is 9.47 Å². The summed E-state index contributed by atoms with van der Waals surface area (Å²) in [7, 11) is 1.73. The summed E-state index contributed by atoms with van der Waals surface area (Å²) in [5.74, 6) is -0.299. The Morgan fingerprint density at radius 1 is 1.17 bits per heavy atom. The van der Waals surface area contributed by atoms with Crippen LogP contribution in [0.4, 0.5) is 0 Å². The van der Waals surface area contributed by atoms with Gasteiger partial charge in [-0.1, -0.05) is 13.0 Å². The Labute approximate surface area is 170 Å². The van der Waals surface area contributed by atoms with Gasteiger partial charge >= 0.3 is 0 Å². The van der Waals surface area contributed by atoms with Crippen LogP contribution >= 0.6 is 0 Å². The van der Waals surface area contributed by atoms with Crippen molar-refractivity contribution >= 4 is 5.91 Å². The summed E-state index contributed by atoms with van der Waals surface area (Å²) >= 11 is 0. The van der Waals surface area contributed by atoms with E-state index in [1.54, 1.807) is 55.9 Å². The second kappa shape index (κ2) is 8.77. The smallest absolute Gasteiger partial charge is 0.264 e. The quantitative estimate of drug-likeness (QED) is 0.645. The first kappa shape index (κ1) is 20.4. The molecule has 3 heterocycles. The van der Waals surface area contributed by atoms with Crippen molar-refractivity contribution in [1.82, 2.24) is 24.4 Å². The Kier molecular flexibility index (Phi) is 6.16. The van der Waals surface area contributed by atoms with E-state index in [1.165, 1.54) is 4.57 Å². The number of rotatable bonds is 6. The molecule has 0 saturated carbocycles. The largest absolute Gasteiger partial charge is 0.334 e.